The van der Waals surface area contributed by atoms with Crippen LogP contribution in [0, 0.1) is 0 Å². The van der Waals surface area contributed by atoms with Gasteiger partial charge in [0.15, 0.2) is 9.84 Å². The third-order valence-corrected chi connectivity index (χ3v) is 5.65. The number of hydrogen-bond donors (Lipinski definition) is 0. The number of hydrogen-bond acceptors (Lipinski definition) is 4. The largest absolute Gasteiger partial charge is 0.533 e. The van der Waals surface area contributed by atoms with Crippen LogP contribution in [0.3, 0.4) is 0 Å². The van der Waals surface area contributed by atoms with Crippen molar-refractivity contribution in [3.05, 3.63) is 30.3 Å². The summed E-state index contributed by atoms with van der Waals surface area (Å²) >= 11 is 6.04. The molecule has 0 saturated carbocycles. The van der Waals surface area contributed by atoms with Crippen LogP contribution in [-0.2, 0) is 14.0 Å². The van der Waals surface area contributed by atoms with Crippen LogP contribution >= 0.6 is 23.6 Å². The van der Waals surface area contributed by atoms with Gasteiger partial charge in [-0.25, -0.2) is 12.6 Å². The second-order valence-electron chi connectivity index (χ2n) is 4.19. The van der Waals surface area contributed by atoms with Gasteiger partial charge >= 0.3 is 6.36 Å². The molecule has 1 aromatic carbocycles. The van der Waals surface area contributed by atoms with Crippen molar-refractivity contribution in [1.29, 1.82) is 0 Å². The maximum Gasteiger partial charge on any atom is 0.533 e. The predicted molar refractivity (Wildman–Crippen MR) is 77.0 cm³/mol. The predicted octanol–water partition coefficient (Wildman–Crippen LogP) is 4.03. The van der Waals surface area contributed by atoms with Crippen LogP contribution in [-0.4, -0.2) is 31.7 Å². The lowest BCUT2D eigenvalue weighted by Crippen LogP contribution is -2.12. The fourth-order valence-corrected chi connectivity index (χ4v) is 3.68. The van der Waals surface area contributed by atoms with Crippen molar-refractivity contribution in [2.75, 3.05) is 11.5 Å². The maximum atomic E-state index is 11.9. The van der Waals surface area contributed by atoms with Crippen LogP contribution in [0.15, 0.2) is 35.2 Å². The van der Waals surface area contributed by atoms with Gasteiger partial charge in [0.05, 0.1) is 10.6 Å². The third kappa shape index (κ3) is 7.94. The Balaban J connectivity index is 2.30. The molecular formula is C12H14ClF3O3S2. The molecule has 0 aromatic heterocycles. The van der Waals surface area contributed by atoms with Gasteiger partial charge in [-0.1, -0.05) is 18.2 Å². The first-order valence-corrected chi connectivity index (χ1v) is 9.00. The normalized spacial score (nSPS) is 14.1. The summed E-state index contributed by atoms with van der Waals surface area (Å²) in [5.74, 6) is -0.155. The van der Waals surface area contributed by atoms with Crippen LogP contribution in [0.25, 0.3) is 0 Å². The summed E-state index contributed by atoms with van der Waals surface area (Å²) in [6.07, 6.45) is -4.13. The maximum absolute atomic E-state index is 11.9. The molecule has 0 aliphatic carbocycles. The minimum atomic E-state index is -4.70. The van der Waals surface area contributed by atoms with Crippen molar-refractivity contribution >= 4 is 33.5 Å². The molecular weight excluding hydrogens is 349 g/mol. The van der Waals surface area contributed by atoms with E-state index in [2.05, 4.69) is 4.18 Å². The Morgan fingerprint density at radius 3 is 2.43 bits per heavy atom. The van der Waals surface area contributed by atoms with E-state index in [1.54, 1.807) is 18.2 Å². The Bertz CT molecular complexity index is 520. The van der Waals surface area contributed by atoms with Crippen molar-refractivity contribution in [1.82, 2.24) is 0 Å². The molecule has 9 heteroatoms. The highest BCUT2D eigenvalue weighted by atomic mass is 35.5. The molecule has 0 N–H and O–H groups in total. The van der Waals surface area contributed by atoms with Crippen LogP contribution in [0.5, 0.6) is 0 Å². The lowest BCUT2D eigenvalue weighted by Gasteiger charge is -2.10. The second-order valence-corrected chi connectivity index (χ2v) is 7.65. The van der Waals surface area contributed by atoms with Crippen LogP contribution in [0.4, 0.5) is 13.2 Å². The highest BCUT2D eigenvalue weighted by Gasteiger charge is 2.30. The zero-order valence-electron chi connectivity index (χ0n) is 10.8. The Hall–Kier alpha value is -0.440. The molecule has 0 spiro atoms. The molecule has 0 heterocycles. The number of benzene rings is 1. The summed E-state index contributed by atoms with van der Waals surface area (Å²) < 4.78 is 62.6. The fraction of sp³-hybridized carbons (Fsp3) is 0.500. The Labute approximate surface area is 130 Å². The van der Waals surface area contributed by atoms with E-state index < -0.39 is 21.6 Å². The molecule has 1 rings (SSSR count). The van der Waals surface area contributed by atoms with E-state index >= 15 is 0 Å². The monoisotopic (exact) mass is 362 g/mol. The quantitative estimate of drug-likeness (QED) is 0.517. The lowest BCUT2D eigenvalue weighted by molar-refractivity contribution is -0.266. The second kappa shape index (κ2) is 8.26. The van der Waals surface area contributed by atoms with Gasteiger partial charge < -0.3 is 0 Å². The fourth-order valence-electron chi connectivity index (χ4n) is 1.50. The molecule has 21 heavy (non-hydrogen) atoms. The summed E-state index contributed by atoms with van der Waals surface area (Å²) in [5, 5.41) is -0.580. The van der Waals surface area contributed by atoms with Crippen molar-refractivity contribution in [3.8, 4) is 0 Å². The zero-order valence-corrected chi connectivity index (χ0v) is 13.2. The van der Waals surface area contributed by atoms with E-state index in [-0.39, 0.29) is 34.9 Å². The first-order valence-electron chi connectivity index (χ1n) is 6.00. The zero-order chi connectivity index (χ0) is 15.9. The minimum Gasteiger partial charge on any atom is -0.224 e. The first-order chi connectivity index (χ1) is 9.71. The average Bonchev–Trinajstić information content (AvgIpc) is 2.38. The number of halogens is 4. The SMILES string of the molecule is O=S(=O)(CCCC(Cl)CSOC(F)(F)F)c1ccccc1. The summed E-state index contributed by atoms with van der Waals surface area (Å²) in [5.41, 5.74) is 0. The van der Waals surface area contributed by atoms with Gasteiger partial charge in [0.1, 0.15) is 0 Å². The molecule has 0 bridgehead atoms. The highest BCUT2D eigenvalue weighted by molar-refractivity contribution is 7.94. The third-order valence-electron chi connectivity index (χ3n) is 2.44. The molecule has 1 aromatic rings. The van der Waals surface area contributed by atoms with E-state index in [9.17, 15) is 21.6 Å². The molecule has 120 valence electrons. The average molecular weight is 363 g/mol. The Morgan fingerprint density at radius 2 is 1.86 bits per heavy atom. The van der Waals surface area contributed by atoms with Crippen LogP contribution in [0.1, 0.15) is 12.8 Å². The van der Waals surface area contributed by atoms with Crippen LogP contribution < -0.4 is 0 Å². The van der Waals surface area contributed by atoms with Crippen molar-refractivity contribution < 1.29 is 25.8 Å². The molecule has 0 saturated heterocycles. The van der Waals surface area contributed by atoms with Gasteiger partial charge in [0.25, 0.3) is 0 Å². The van der Waals surface area contributed by atoms with E-state index in [0.717, 1.165) is 0 Å². The molecule has 0 aliphatic rings. The lowest BCUT2D eigenvalue weighted by atomic mass is 10.3. The topological polar surface area (TPSA) is 43.4 Å². The van der Waals surface area contributed by atoms with Gasteiger partial charge in [0, 0.05) is 23.2 Å². The molecule has 0 aliphatic heterocycles. The Morgan fingerprint density at radius 1 is 1.24 bits per heavy atom. The summed E-state index contributed by atoms with van der Waals surface area (Å²) in [6.45, 7) is 0. The molecule has 0 amide bonds. The molecule has 0 fully saturated rings. The van der Waals surface area contributed by atoms with E-state index in [1.807, 2.05) is 0 Å². The molecule has 0 radical (unpaired) electrons. The number of rotatable bonds is 8. The number of alkyl halides is 4. The molecule has 1 unspecified atom stereocenters. The van der Waals surface area contributed by atoms with E-state index in [4.69, 9.17) is 11.6 Å². The van der Waals surface area contributed by atoms with Gasteiger partial charge in [0.2, 0.25) is 0 Å². The number of sulfone groups is 1. The Kier molecular flexibility index (Phi) is 7.32. The molecule has 1 atom stereocenters. The van der Waals surface area contributed by atoms with Crippen molar-refractivity contribution in [3.63, 3.8) is 0 Å². The summed E-state index contributed by atoms with van der Waals surface area (Å²) in [7, 11) is -3.38. The first kappa shape index (κ1) is 18.6. The minimum absolute atomic E-state index is 0.0630. The van der Waals surface area contributed by atoms with E-state index in [1.165, 1.54) is 12.1 Å². The smallest absolute Gasteiger partial charge is 0.224 e. The standard InChI is InChI=1S/C12H14ClF3O3S2/c13-10(9-20-19-12(14,15)16)5-4-8-21(17,18)11-6-2-1-3-7-11/h1-3,6-7,10H,4-5,8-9H2. The van der Waals surface area contributed by atoms with E-state index in [0.29, 0.717) is 6.42 Å². The summed E-state index contributed by atoms with van der Waals surface area (Å²) in [4.78, 5) is 0.228. The van der Waals surface area contributed by atoms with Gasteiger partial charge in [-0.2, -0.15) is 0 Å². The molecule has 3 nitrogen and oxygen atoms in total. The van der Waals surface area contributed by atoms with Gasteiger partial charge in [-0.05, 0) is 25.0 Å². The van der Waals surface area contributed by atoms with Gasteiger partial charge in [-0.3, -0.25) is 0 Å². The van der Waals surface area contributed by atoms with Gasteiger partial charge in [-0.15, -0.1) is 24.8 Å². The van der Waals surface area contributed by atoms with Crippen molar-refractivity contribution in [2.45, 2.75) is 29.5 Å². The summed E-state index contributed by atoms with van der Waals surface area (Å²) in [6, 6.07) is 7.97. The highest BCUT2D eigenvalue weighted by Crippen LogP contribution is 2.25. The van der Waals surface area contributed by atoms with Crippen molar-refractivity contribution in [2.24, 2.45) is 0 Å². The van der Waals surface area contributed by atoms with Crippen LogP contribution in [0.2, 0.25) is 0 Å².